The first-order chi connectivity index (χ1) is 22.6. The highest BCUT2D eigenvalue weighted by Crippen LogP contribution is 2.60. The number of allylic oxidation sites excluding steroid dienone is 1. The number of carbonyl (C=O) groups is 4. The van der Waals surface area contributed by atoms with Crippen molar-refractivity contribution in [3.63, 3.8) is 0 Å². The zero-order valence-corrected chi connectivity index (χ0v) is 28.4. The van der Waals surface area contributed by atoms with Crippen molar-refractivity contribution >= 4 is 56.9 Å². The van der Waals surface area contributed by atoms with E-state index in [1.54, 1.807) is 55.5 Å². The number of β-amino-alcohol motifs (C(OH)–C–C–N with tert-alkyl or cyclic N) is 1. The van der Waals surface area contributed by atoms with E-state index in [4.69, 9.17) is 21.1 Å². The molecule has 1 spiro atoms. The van der Waals surface area contributed by atoms with Crippen molar-refractivity contribution in [1.29, 1.82) is 0 Å². The first-order valence-corrected chi connectivity index (χ1v) is 16.9. The first kappa shape index (κ1) is 34.8. The van der Waals surface area contributed by atoms with E-state index < -0.39 is 66.1 Å². The number of likely N-dealkylation sites (tertiary alicyclic amines) is 1. The number of halogens is 2. The minimum absolute atomic E-state index is 0.126. The van der Waals surface area contributed by atoms with Gasteiger partial charge >= 0.3 is 5.97 Å². The van der Waals surface area contributed by atoms with Crippen LogP contribution in [0.15, 0.2) is 79.9 Å². The zero-order chi connectivity index (χ0) is 33.9. The topological polar surface area (TPSA) is 125 Å². The van der Waals surface area contributed by atoms with Crippen LogP contribution in [0.3, 0.4) is 0 Å². The Morgan fingerprint density at radius 1 is 1.19 bits per heavy atom. The van der Waals surface area contributed by atoms with Crippen LogP contribution in [0.2, 0.25) is 5.02 Å². The summed E-state index contributed by atoms with van der Waals surface area (Å²) in [6.45, 7) is 8.85. The number of nitrogens with zero attached hydrogens (tertiary/aromatic N) is 2. The molecule has 3 saturated heterocycles. The Morgan fingerprint density at radius 2 is 1.89 bits per heavy atom. The van der Waals surface area contributed by atoms with Gasteiger partial charge in [0.05, 0.1) is 30.6 Å². The molecular weight excluding hydrogens is 690 g/mol. The third kappa shape index (κ3) is 6.63. The predicted molar refractivity (Wildman–Crippen MR) is 181 cm³/mol. The molecule has 5 rings (SSSR count). The molecule has 250 valence electrons. The molecule has 8 atom stereocenters. The maximum atomic E-state index is 14.5. The van der Waals surface area contributed by atoms with Gasteiger partial charge in [0, 0.05) is 35.0 Å². The summed E-state index contributed by atoms with van der Waals surface area (Å²) in [5.41, 5.74) is -0.142. The molecule has 0 aliphatic carbocycles. The lowest BCUT2D eigenvalue weighted by molar-refractivity contribution is -0.162. The van der Waals surface area contributed by atoms with Crippen LogP contribution in [0.4, 0.5) is 5.69 Å². The van der Waals surface area contributed by atoms with Gasteiger partial charge in [-0.1, -0.05) is 70.0 Å². The van der Waals surface area contributed by atoms with Crippen LogP contribution >= 0.6 is 27.5 Å². The lowest BCUT2D eigenvalue weighted by atomic mass is 9.70. The number of hydrogen-bond donors (Lipinski definition) is 2. The summed E-state index contributed by atoms with van der Waals surface area (Å²) in [5.74, 6) is -3.84. The molecule has 2 bridgehead atoms. The standard InChI is InChI=1S/C35H39BrClN3O7/c1-4-6-12-26(42)38-21(3)29(22-10-8-7-9-11-22)46-34(45)27-28-32(43)40(18-19-41)31(35(28)20-25(36)30(27)47-35)33(44)39(17-5-2)24-15-13-23(37)14-16-24/h4-5,7-11,13-16,21,25,27-31,41H,1-2,6,12,17-20H2,3H3,(H,38,42)/t21-,25?,27+,28-,29-,30+,31+,35-/m0/s1. The molecular formula is C35H39BrClN3O7. The van der Waals surface area contributed by atoms with Gasteiger partial charge in [0.25, 0.3) is 5.91 Å². The van der Waals surface area contributed by atoms with Crippen LogP contribution in [-0.2, 0) is 28.7 Å². The number of carbonyl (C=O) groups excluding carboxylic acids is 4. The Kier molecular flexibility index (Phi) is 10.9. The average molecular weight is 729 g/mol. The van der Waals surface area contributed by atoms with Gasteiger partial charge in [-0.15, -0.1) is 13.2 Å². The summed E-state index contributed by atoms with van der Waals surface area (Å²) >= 11 is 9.79. The molecule has 3 aliphatic heterocycles. The Labute approximate surface area is 287 Å². The number of rotatable bonds is 14. The van der Waals surface area contributed by atoms with E-state index in [1.165, 1.54) is 9.80 Å². The molecule has 3 amide bonds. The highest BCUT2D eigenvalue weighted by Gasteiger charge is 2.77. The minimum Gasteiger partial charge on any atom is -0.455 e. The van der Waals surface area contributed by atoms with Crippen molar-refractivity contribution in [3.8, 4) is 0 Å². The number of anilines is 1. The predicted octanol–water partition coefficient (Wildman–Crippen LogP) is 4.35. The Hall–Kier alpha value is -3.51. The van der Waals surface area contributed by atoms with Crippen molar-refractivity contribution in [2.24, 2.45) is 11.8 Å². The smallest absolute Gasteiger partial charge is 0.313 e. The lowest BCUT2D eigenvalue weighted by Gasteiger charge is -2.37. The van der Waals surface area contributed by atoms with Gasteiger partial charge in [-0.2, -0.15) is 0 Å². The molecule has 3 heterocycles. The fourth-order valence-corrected chi connectivity index (χ4v) is 8.26. The van der Waals surface area contributed by atoms with Crippen LogP contribution < -0.4 is 10.2 Å². The van der Waals surface area contributed by atoms with E-state index in [0.717, 1.165) is 0 Å². The maximum absolute atomic E-state index is 14.5. The van der Waals surface area contributed by atoms with E-state index in [9.17, 15) is 24.3 Å². The summed E-state index contributed by atoms with van der Waals surface area (Å²) in [6.07, 6.45) is 2.65. The van der Waals surface area contributed by atoms with Crippen LogP contribution in [0.25, 0.3) is 0 Å². The lowest BCUT2D eigenvalue weighted by Crippen LogP contribution is -2.57. The number of fused-ring (bicyclic) bond motifs is 1. The number of hydrogen-bond acceptors (Lipinski definition) is 7. The van der Waals surface area contributed by atoms with E-state index in [1.807, 2.05) is 18.2 Å². The van der Waals surface area contributed by atoms with Gasteiger partial charge in [-0.25, -0.2) is 0 Å². The SMILES string of the molecule is C=CCCC(=O)N[C@@H](C)[C@H](OC(=O)[C@H]1[C@@H]2O[C@@]3(CC2Br)[C@@H]1C(=O)N(CCO)[C@@H]3C(=O)N(CC=C)c1ccc(Cl)cc1)c1ccccc1. The summed E-state index contributed by atoms with van der Waals surface area (Å²) in [6, 6.07) is 14.1. The van der Waals surface area contributed by atoms with E-state index in [0.29, 0.717) is 22.7 Å². The van der Waals surface area contributed by atoms with Crippen molar-refractivity contribution in [1.82, 2.24) is 10.2 Å². The highest BCUT2D eigenvalue weighted by molar-refractivity contribution is 9.09. The average Bonchev–Trinajstić information content (AvgIpc) is 3.65. The summed E-state index contributed by atoms with van der Waals surface area (Å²) < 4.78 is 12.8. The van der Waals surface area contributed by atoms with Gasteiger partial charge in [-0.05, 0) is 49.6 Å². The molecule has 12 heteroatoms. The fourth-order valence-electron chi connectivity index (χ4n) is 7.19. The maximum Gasteiger partial charge on any atom is 0.313 e. The van der Waals surface area contributed by atoms with Gasteiger partial charge < -0.3 is 29.7 Å². The fraction of sp³-hybridized carbons (Fsp3) is 0.429. The molecule has 0 saturated carbocycles. The van der Waals surface area contributed by atoms with E-state index >= 15 is 0 Å². The van der Waals surface area contributed by atoms with E-state index in [-0.39, 0.29) is 36.7 Å². The quantitative estimate of drug-likeness (QED) is 0.168. The molecule has 47 heavy (non-hydrogen) atoms. The van der Waals surface area contributed by atoms with Crippen LogP contribution in [0.5, 0.6) is 0 Å². The molecule has 0 radical (unpaired) electrons. The Balaban J connectivity index is 1.48. The van der Waals surface area contributed by atoms with Gasteiger partial charge in [-0.3, -0.25) is 19.2 Å². The molecule has 2 aromatic rings. The second-order valence-corrected chi connectivity index (χ2v) is 13.7. The van der Waals surface area contributed by atoms with Gasteiger partial charge in [0.15, 0.2) is 0 Å². The van der Waals surface area contributed by atoms with Crippen LogP contribution in [0.1, 0.15) is 37.9 Å². The third-order valence-electron chi connectivity index (χ3n) is 9.14. The van der Waals surface area contributed by atoms with Crippen molar-refractivity contribution in [2.45, 2.75) is 60.9 Å². The Morgan fingerprint density at radius 3 is 2.53 bits per heavy atom. The number of nitrogens with one attached hydrogen (secondary N) is 1. The largest absolute Gasteiger partial charge is 0.455 e. The number of aliphatic hydroxyl groups excluding tert-OH is 1. The zero-order valence-electron chi connectivity index (χ0n) is 26.1. The van der Waals surface area contributed by atoms with Crippen molar-refractivity contribution < 1.29 is 33.8 Å². The molecule has 10 nitrogen and oxygen atoms in total. The van der Waals surface area contributed by atoms with E-state index in [2.05, 4.69) is 34.4 Å². The van der Waals surface area contributed by atoms with Crippen molar-refractivity contribution in [2.75, 3.05) is 24.6 Å². The number of amides is 3. The van der Waals surface area contributed by atoms with Crippen molar-refractivity contribution in [3.05, 3.63) is 90.5 Å². The molecule has 0 aromatic heterocycles. The monoisotopic (exact) mass is 727 g/mol. The molecule has 2 aromatic carbocycles. The summed E-state index contributed by atoms with van der Waals surface area (Å²) in [7, 11) is 0. The first-order valence-electron chi connectivity index (χ1n) is 15.6. The van der Waals surface area contributed by atoms with Gasteiger partial charge in [0.1, 0.15) is 17.7 Å². The van der Waals surface area contributed by atoms with Crippen LogP contribution in [0, 0.1) is 11.8 Å². The molecule has 3 fully saturated rings. The second-order valence-electron chi connectivity index (χ2n) is 12.1. The molecule has 3 aliphatic rings. The van der Waals surface area contributed by atoms with Crippen LogP contribution in [-0.4, -0.2) is 82.0 Å². The highest BCUT2D eigenvalue weighted by atomic mass is 79.9. The van der Waals surface area contributed by atoms with Gasteiger partial charge in [0.2, 0.25) is 11.8 Å². The number of ether oxygens (including phenoxy) is 2. The number of benzene rings is 2. The molecule has 1 unspecified atom stereocenters. The molecule has 2 N–H and O–H groups in total. The summed E-state index contributed by atoms with van der Waals surface area (Å²) in [5, 5.41) is 13.4. The minimum atomic E-state index is -1.36. The number of esters is 1. The second kappa shape index (κ2) is 14.7. The normalized spacial score (nSPS) is 27.1. The third-order valence-corrected chi connectivity index (χ3v) is 10.2. The Bertz CT molecular complexity index is 1510. The number of alkyl halides is 1. The number of aliphatic hydroxyl groups is 1. The summed E-state index contributed by atoms with van der Waals surface area (Å²) in [4.78, 5) is 58.1.